The van der Waals surface area contributed by atoms with Crippen molar-refractivity contribution in [2.75, 3.05) is 61.3 Å². The molecule has 2 heterocycles. The third-order valence-electron chi connectivity index (χ3n) is 6.55. The van der Waals surface area contributed by atoms with Crippen molar-refractivity contribution in [1.29, 1.82) is 0 Å². The molecular formula is C28H34N6O5S. The Hall–Kier alpha value is -4.16. The lowest BCUT2D eigenvalue weighted by molar-refractivity contribution is -0.111. The Morgan fingerprint density at radius 1 is 1.23 bits per heavy atom. The number of carbonyl (C=O) groups excluding carboxylic acids is 1. The van der Waals surface area contributed by atoms with Gasteiger partial charge >= 0.3 is 0 Å². The number of methoxy groups -OCH3 is 1. The molecule has 0 bridgehead atoms. The van der Waals surface area contributed by atoms with Crippen LogP contribution in [0.3, 0.4) is 0 Å². The molecule has 0 aliphatic carbocycles. The van der Waals surface area contributed by atoms with Crippen molar-refractivity contribution in [2.45, 2.75) is 12.5 Å². The first-order valence-electron chi connectivity index (χ1n) is 12.8. The number of ether oxygens (including phenoxy) is 2. The Kier molecular flexibility index (Phi) is 9.22. The van der Waals surface area contributed by atoms with Crippen molar-refractivity contribution >= 4 is 38.8 Å². The Bertz CT molecular complexity index is 1450. The molecule has 212 valence electrons. The van der Waals surface area contributed by atoms with Gasteiger partial charge in [-0.25, -0.2) is 13.4 Å². The van der Waals surface area contributed by atoms with E-state index in [9.17, 15) is 13.2 Å². The summed E-state index contributed by atoms with van der Waals surface area (Å²) in [5, 5.41) is 5.88. The van der Waals surface area contributed by atoms with Gasteiger partial charge in [-0.2, -0.15) is 4.98 Å². The van der Waals surface area contributed by atoms with Gasteiger partial charge in [0.2, 0.25) is 11.9 Å². The van der Waals surface area contributed by atoms with Crippen molar-refractivity contribution in [3.63, 3.8) is 0 Å². The molecule has 1 aromatic heterocycles. The molecule has 40 heavy (non-hydrogen) atoms. The van der Waals surface area contributed by atoms with Gasteiger partial charge in [-0.15, -0.1) is 0 Å². The summed E-state index contributed by atoms with van der Waals surface area (Å²) in [5.41, 5.74) is 2.41. The van der Waals surface area contributed by atoms with Gasteiger partial charge in [-0.3, -0.25) is 4.79 Å². The number of sulfone groups is 1. The Balaban J connectivity index is 1.40. The normalized spacial score (nSPS) is 15.3. The molecule has 11 nitrogen and oxygen atoms in total. The summed E-state index contributed by atoms with van der Waals surface area (Å²) in [6, 6.07) is 15.1. The maximum absolute atomic E-state index is 11.6. The van der Waals surface area contributed by atoms with Gasteiger partial charge in [0.25, 0.3) is 5.88 Å². The minimum atomic E-state index is -2.97. The number of anilines is 4. The molecule has 1 aliphatic heterocycles. The molecule has 4 rings (SSSR count). The van der Waals surface area contributed by atoms with Crippen LogP contribution in [0, 0.1) is 0 Å². The number of hydrogen-bond acceptors (Lipinski definition) is 10. The van der Waals surface area contributed by atoms with E-state index in [4.69, 9.17) is 9.47 Å². The second-order valence-electron chi connectivity index (χ2n) is 9.55. The van der Waals surface area contributed by atoms with Gasteiger partial charge in [-0.05, 0) is 48.9 Å². The molecule has 0 spiro atoms. The molecule has 0 saturated carbocycles. The van der Waals surface area contributed by atoms with Crippen LogP contribution in [0.4, 0.5) is 23.0 Å². The van der Waals surface area contributed by atoms with Gasteiger partial charge < -0.3 is 29.9 Å². The Labute approximate surface area is 234 Å². The highest BCUT2D eigenvalue weighted by Crippen LogP contribution is 2.32. The lowest BCUT2D eigenvalue weighted by Crippen LogP contribution is -2.35. The van der Waals surface area contributed by atoms with Crippen LogP contribution in [0.2, 0.25) is 0 Å². The summed E-state index contributed by atoms with van der Waals surface area (Å²) in [6.45, 7) is 5.74. The van der Waals surface area contributed by atoms with E-state index in [1.165, 1.54) is 25.6 Å². The highest BCUT2D eigenvalue weighted by molar-refractivity contribution is 7.90. The zero-order chi connectivity index (χ0) is 28.7. The van der Waals surface area contributed by atoms with Gasteiger partial charge in [0, 0.05) is 62.1 Å². The molecule has 0 unspecified atom stereocenters. The van der Waals surface area contributed by atoms with Crippen LogP contribution in [0.1, 0.15) is 6.42 Å². The van der Waals surface area contributed by atoms with Crippen molar-refractivity contribution in [3.8, 4) is 17.4 Å². The molecule has 2 aromatic carbocycles. The topological polar surface area (TPSA) is 126 Å². The standard InChI is InChI=1S/C28H34N6O5S/c1-5-26(35)30-21-7-6-8-24(17-21)39-27-25(38-3)18-29-28(32-27)31-20-9-11-22(12-10-20)33(2)23-13-14-34(19-23)15-16-40(4,36)37/h5-12,17-18,23H,1,13-16,19H2,2-4H3,(H,30,35)(H,29,31,32)/t23-/m0/s1. The summed E-state index contributed by atoms with van der Waals surface area (Å²) in [6.07, 6.45) is 4.97. The number of likely N-dealkylation sites (tertiary alicyclic amines) is 1. The van der Waals surface area contributed by atoms with E-state index in [0.29, 0.717) is 35.7 Å². The highest BCUT2D eigenvalue weighted by atomic mass is 32.2. The fraction of sp³-hybridized carbons (Fsp3) is 0.321. The van der Waals surface area contributed by atoms with Gasteiger partial charge in [0.15, 0.2) is 5.75 Å². The zero-order valence-corrected chi connectivity index (χ0v) is 23.6. The number of likely N-dealkylation sites (N-methyl/N-ethyl adjacent to an activating group) is 1. The van der Waals surface area contributed by atoms with Crippen molar-refractivity contribution in [1.82, 2.24) is 14.9 Å². The third-order valence-corrected chi connectivity index (χ3v) is 7.47. The molecular weight excluding hydrogens is 532 g/mol. The number of carbonyl (C=O) groups is 1. The van der Waals surface area contributed by atoms with E-state index in [0.717, 1.165) is 30.9 Å². The van der Waals surface area contributed by atoms with Gasteiger partial charge in [-0.1, -0.05) is 12.6 Å². The lowest BCUT2D eigenvalue weighted by Gasteiger charge is -2.27. The molecule has 3 aromatic rings. The van der Waals surface area contributed by atoms with Gasteiger partial charge in [0.05, 0.1) is 19.1 Å². The summed E-state index contributed by atoms with van der Waals surface area (Å²) in [5.74, 6) is 1.21. The summed E-state index contributed by atoms with van der Waals surface area (Å²) in [4.78, 5) is 24.8. The maximum atomic E-state index is 11.6. The van der Waals surface area contributed by atoms with Crippen LogP contribution in [0.5, 0.6) is 17.4 Å². The number of nitrogens with zero attached hydrogens (tertiary/aromatic N) is 4. The van der Waals surface area contributed by atoms with E-state index < -0.39 is 9.84 Å². The first-order valence-corrected chi connectivity index (χ1v) is 14.8. The fourth-order valence-electron chi connectivity index (χ4n) is 4.32. The molecule has 1 amide bonds. The SMILES string of the molecule is C=CC(=O)Nc1cccc(Oc2nc(Nc3ccc(N(C)[C@H]4CCN(CCS(C)(=O)=O)C4)cc3)ncc2OC)c1. The number of benzene rings is 2. The summed E-state index contributed by atoms with van der Waals surface area (Å²) >= 11 is 0. The van der Waals surface area contributed by atoms with Crippen LogP contribution in [-0.4, -0.2) is 81.0 Å². The smallest absolute Gasteiger partial charge is 0.267 e. The summed E-state index contributed by atoms with van der Waals surface area (Å²) in [7, 11) is 0.595. The molecule has 1 saturated heterocycles. The van der Waals surface area contributed by atoms with Crippen LogP contribution < -0.4 is 25.0 Å². The number of nitrogens with one attached hydrogen (secondary N) is 2. The van der Waals surface area contributed by atoms with Gasteiger partial charge in [0.1, 0.15) is 15.6 Å². The maximum Gasteiger partial charge on any atom is 0.267 e. The predicted molar refractivity (Wildman–Crippen MR) is 157 cm³/mol. The molecule has 2 N–H and O–H groups in total. The quantitative estimate of drug-likeness (QED) is 0.314. The molecule has 1 aliphatic rings. The molecule has 1 fully saturated rings. The highest BCUT2D eigenvalue weighted by Gasteiger charge is 2.26. The average molecular weight is 567 g/mol. The van der Waals surface area contributed by atoms with Crippen LogP contribution in [0.25, 0.3) is 0 Å². The van der Waals surface area contributed by atoms with E-state index in [2.05, 4.69) is 44.0 Å². The molecule has 12 heteroatoms. The number of rotatable bonds is 12. The van der Waals surface area contributed by atoms with Crippen molar-refractivity contribution < 1.29 is 22.7 Å². The minimum Gasteiger partial charge on any atom is -0.490 e. The number of amides is 1. The third kappa shape index (κ3) is 7.93. The van der Waals surface area contributed by atoms with Crippen molar-refractivity contribution in [3.05, 3.63) is 67.4 Å². The second-order valence-corrected chi connectivity index (χ2v) is 11.8. The van der Waals surface area contributed by atoms with Crippen LogP contribution >= 0.6 is 0 Å². The predicted octanol–water partition coefficient (Wildman–Crippen LogP) is 3.70. The fourth-order valence-corrected chi connectivity index (χ4v) is 4.91. The second kappa shape index (κ2) is 12.8. The Morgan fingerprint density at radius 3 is 2.70 bits per heavy atom. The monoisotopic (exact) mass is 566 g/mol. The van der Waals surface area contributed by atoms with Crippen LogP contribution in [0.15, 0.2) is 67.4 Å². The first-order chi connectivity index (χ1) is 19.1. The average Bonchev–Trinajstić information content (AvgIpc) is 3.41. The number of aromatic nitrogens is 2. The van der Waals surface area contributed by atoms with E-state index >= 15 is 0 Å². The van der Waals surface area contributed by atoms with Crippen molar-refractivity contribution in [2.24, 2.45) is 0 Å². The minimum absolute atomic E-state index is 0.185. The zero-order valence-electron chi connectivity index (χ0n) is 22.8. The lowest BCUT2D eigenvalue weighted by atomic mass is 10.2. The van der Waals surface area contributed by atoms with E-state index in [1.54, 1.807) is 24.3 Å². The molecule has 1 atom stereocenters. The Morgan fingerprint density at radius 2 is 2.00 bits per heavy atom. The van der Waals surface area contributed by atoms with E-state index in [1.807, 2.05) is 24.3 Å². The van der Waals surface area contributed by atoms with E-state index in [-0.39, 0.29) is 17.5 Å². The van der Waals surface area contributed by atoms with Crippen LogP contribution in [-0.2, 0) is 14.6 Å². The number of hydrogen-bond donors (Lipinski definition) is 2. The first kappa shape index (κ1) is 28.8. The largest absolute Gasteiger partial charge is 0.490 e. The molecule has 0 radical (unpaired) electrons. The summed E-state index contributed by atoms with van der Waals surface area (Å²) < 4.78 is 34.3.